The number of rotatable bonds is 3. The molecule has 0 spiro atoms. The molecule has 2 saturated heterocycles. The minimum atomic E-state index is 0.828. The van der Waals surface area contributed by atoms with Crippen LogP contribution in [0.1, 0.15) is 5.56 Å². The van der Waals surface area contributed by atoms with Gasteiger partial charge in [-0.1, -0.05) is 12.1 Å². The minimum absolute atomic E-state index is 0.828. The van der Waals surface area contributed by atoms with Crippen molar-refractivity contribution in [1.82, 2.24) is 5.01 Å². The van der Waals surface area contributed by atoms with E-state index < -0.39 is 0 Å². The summed E-state index contributed by atoms with van der Waals surface area (Å²) in [6.45, 7) is 8.07. The predicted molar refractivity (Wildman–Crippen MR) is 85.3 cm³/mol. The highest BCUT2D eigenvalue weighted by Crippen LogP contribution is 2.16. The summed E-state index contributed by atoms with van der Waals surface area (Å²) < 4.78 is 5.39. The van der Waals surface area contributed by atoms with Crippen LogP contribution in [0, 0.1) is 0 Å². The minimum Gasteiger partial charge on any atom is -0.378 e. The summed E-state index contributed by atoms with van der Waals surface area (Å²) in [5, 5.41) is 6.76. The average molecular weight is 289 g/mol. The number of nitrogens with one attached hydrogen (secondary N) is 1. The van der Waals surface area contributed by atoms with Crippen LogP contribution in [-0.2, 0) is 4.74 Å². The number of nitrogens with zero attached hydrogens (tertiary/aromatic N) is 3. The Kier molecular flexibility index (Phi) is 4.72. The van der Waals surface area contributed by atoms with Gasteiger partial charge in [0.2, 0.25) is 0 Å². The second kappa shape index (κ2) is 6.91. The largest absolute Gasteiger partial charge is 0.378 e. The molecule has 2 heterocycles. The Morgan fingerprint density at radius 2 is 1.71 bits per heavy atom. The van der Waals surface area contributed by atoms with E-state index in [0.717, 1.165) is 39.4 Å². The van der Waals surface area contributed by atoms with Crippen LogP contribution >= 0.6 is 0 Å². The number of piperazine rings is 1. The molecule has 2 aliphatic heterocycles. The van der Waals surface area contributed by atoms with Gasteiger partial charge in [0.1, 0.15) is 0 Å². The molecule has 1 aromatic rings. The number of hydrazone groups is 1. The fourth-order valence-corrected chi connectivity index (χ4v) is 2.73. The summed E-state index contributed by atoms with van der Waals surface area (Å²) in [5.41, 5.74) is 2.44. The lowest BCUT2D eigenvalue weighted by atomic mass is 10.2. The number of quaternary nitrogens is 1. The molecule has 0 saturated carbocycles. The maximum atomic E-state index is 5.39. The van der Waals surface area contributed by atoms with E-state index in [1.165, 1.54) is 24.3 Å². The lowest BCUT2D eigenvalue weighted by molar-refractivity contribution is -0.884. The van der Waals surface area contributed by atoms with Gasteiger partial charge < -0.3 is 14.5 Å². The number of likely N-dealkylation sites (N-methyl/N-ethyl adjacent to an activating group) is 1. The molecule has 1 N–H and O–H groups in total. The van der Waals surface area contributed by atoms with Crippen molar-refractivity contribution in [3.63, 3.8) is 0 Å². The molecule has 0 bridgehead atoms. The summed E-state index contributed by atoms with van der Waals surface area (Å²) in [6.07, 6.45) is 1.98. The number of ether oxygens (including phenoxy) is 1. The van der Waals surface area contributed by atoms with Gasteiger partial charge >= 0.3 is 0 Å². The van der Waals surface area contributed by atoms with E-state index in [1.54, 1.807) is 4.90 Å². The van der Waals surface area contributed by atoms with Crippen LogP contribution in [0.5, 0.6) is 0 Å². The summed E-state index contributed by atoms with van der Waals surface area (Å²) >= 11 is 0. The molecule has 5 nitrogen and oxygen atoms in total. The summed E-state index contributed by atoms with van der Waals surface area (Å²) in [7, 11) is 2.24. The maximum Gasteiger partial charge on any atom is 0.0964 e. The molecule has 0 aliphatic carbocycles. The van der Waals surface area contributed by atoms with Gasteiger partial charge in [0.05, 0.1) is 52.7 Å². The summed E-state index contributed by atoms with van der Waals surface area (Å²) in [4.78, 5) is 3.96. The van der Waals surface area contributed by atoms with Gasteiger partial charge in [0, 0.05) is 18.8 Å². The first-order chi connectivity index (χ1) is 10.3. The SMILES string of the molecule is C[NH+]1CCN(/N=C\c2ccc(N3CCOCC3)cc2)CC1. The Bertz CT molecular complexity index is 460. The van der Waals surface area contributed by atoms with Crippen LogP contribution in [0.2, 0.25) is 0 Å². The molecule has 0 unspecified atom stereocenters. The third-order valence-corrected chi connectivity index (χ3v) is 4.23. The Balaban J connectivity index is 1.56. The van der Waals surface area contributed by atoms with Crippen LogP contribution < -0.4 is 9.80 Å². The zero-order valence-corrected chi connectivity index (χ0v) is 12.8. The van der Waals surface area contributed by atoms with Crippen LogP contribution in [0.15, 0.2) is 29.4 Å². The molecule has 114 valence electrons. The van der Waals surface area contributed by atoms with Crippen LogP contribution in [-0.4, -0.2) is 70.8 Å². The first-order valence-electron chi connectivity index (χ1n) is 7.84. The zero-order valence-electron chi connectivity index (χ0n) is 12.8. The van der Waals surface area contributed by atoms with Gasteiger partial charge in [0.25, 0.3) is 0 Å². The molecule has 5 heteroatoms. The summed E-state index contributed by atoms with van der Waals surface area (Å²) in [6, 6.07) is 8.66. The molecule has 0 radical (unpaired) electrons. The molecule has 1 aromatic carbocycles. The maximum absolute atomic E-state index is 5.39. The molecule has 0 aromatic heterocycles. The van der Waals surface area contributed by atoms with E-state index in [2.05, 4.69) is 46.3 Å². The number of hydrogen-bond donors (Lipinski definition) is 1. The monoisotopic (exact) mass is 289 g/mol. The lowest BCUT2D eigenvalue weighted by Gasteiger charge is -2.29. The molecule has 0 atom stereocenters. The quantitative estimate of drug-likeness (QED) is 0.775. The van der Waals surface area contributed by atoms with Crippen molar-refractivity contribution >= 4 is 11.9 Å². The first-order valence-corrected chi connectivity index (χ1v) is 7.84. The van der Waals surface area contributed by atoms with Gasteiger partial charge in [-0.05, 0) is 17.7 Å². The molecule has 2 aliphatic rings. The fourth-order valence-electron chi connectivity index (χ4n) is 2.73. The Labute approximate surface area is 126 Å². The number of morpholine rings is 1. The van der Waals surface area contributed by atoms with Crippen LogP contribution in [0.3, 0.4) is 0 Å². The van der Waals surface area contributed by atoms with Crippen molar-refractivity contribution in [3.8, 4) is 0 Å². The van der Waals surface area contributed by atoms with Crippen molar-refractivity contribution in [2.45, 2.75) is 0 Å². The van der Waals surface area contributed by atoms with Crippen molar-refractivity contribution in [2.24, 2.45) is 5.10 Å². The van der Waals surface area contributed by atoms with Crippen molar-refractivity contribution in [1.29, 1.82) is 0 Å². The van der Waals surface area contributed by atoms with E-state index in [9.17, 15) is 0 Å². The van der Waals surface area contributed by atoms with E-state index in [0.29, 0.717) is 0 Å². The third kappa shape index (κ3) is 3.95. The average Bonchev–Trinajstić information content (AvgIpc) is 2.56. The Morgan fingerprint density at radius 1 is 1.05 bits per heavy atom. The van der Waals surface area contributed by atoms with Crippen molar-refractivity contribution < 1.29 is 9.64 Å². The second-order valence-corrected chi connectivity index (χ2v) is 5.85. The number of benzene rings is 1. The number of anilines is 1. The van der Waals surface area contributed by atoms with Gasteiger partial charge in [0.15, 0.2) is 0 Å². The third-order valence-electron chi connectivity index (χ3n) is 4.23. The van der Waals surface area contributed by atoms with Gasteiger partial charge in [-0.3, -0.25) is 5.01 Å². The lowest BCUT2D eigenvalue weighted by Crippen LogP contribution is -3.11. The molecular weight excluding hydrogens is 264 g/mol. The molecule has 0 amide bonds. The van der Waals surface area contributed by atoms with E-state index in [-0.39, 0.29) is 0 Å². The van der Waals surface area contributed by atoms with E-state index in [1.807, 2.05) is 6.21 Å². The highest BCUT2D eigenvalue weighted by atomic mass is 16.5. The predicted octanol–water partition coefficient (Wildman–Crippen LogP) is -0.313. The van der Waals surface area contributed by atoms with Crippen molar-refractivity contribution in [3.05, 3.63) is 29.8 Å². The van der Waals surface area contributed by atoms with Crippen LogP contribution in [0.25, 0.3) is 0 Å². The normalized spacial score (nSPS) is 21.2. The topological polar surface area (TPSA) is 32.5 Å². The molecular formula is C16H25N4O+. The smallest absolute Gasteiger partial charge is 0.0964 e. The Hall–Kier alpha value is -1.59. The highest BCUT2D eigenvalue weighted by Gasteiger charge is 2.14. The van der Waals surface area contributed by atoms with Crippen molar-refractivity contribution in [2.75, 3.05) is 64.4 Å². The van der Waals surface area contributed by atoms with Gasteiger partial charge in [-0.15, -0.1) is 0 Å². The fraction of sp³-hybridized carbons (Fsp3) is 0.562. The van der Waals surface area contributed by atoms with E-state index >= 15 is 0 Å². The van der Waals surface area contributed by atoms with Gasteiger partial charge in [-0.2, -0.15) is 5.10 Å². The van der Waals surface area contributed by atoms with Gasteiger partial charge in [-0.25, -0.2) is 0 Å². The first kappa shape index (κ1) is 14.4. The highest BCUT2D eigenvalue weighted by molar-refractivity contribution is 5.80. The summed E-state index contributed by atoms with van der Waals surface area (Å²) in [5.74, 6) is 0. The van der Waals surface area contributed by atoms with E-state index in [4.69, 9.17) is 4.74 Å². The molecule has 2 fully saturated rings. The molecule has 21 heavy (non-hydrogen) atoms. The van der Waals surface area contributed by atoms with Crippen LogP contribution in [0.4, 0.5) is 5.69 Å². The Morgan fingerprint density at radius 3 is 2.38 bits per heavy atom. The standard InChI is InChI=1S/C16H24N4O/c1-18-6-8-20(9-7-18)17-14-15-2-4-16(5-3-15)19-10-12-21-13-11-19/h2-5,14H,6-13H2,1H3/p+1/b17-14-. The molecule has 3 rings (SSSR count). The number of hydrogen-bond acceptors (Lipinski definition) is 4. The second-order valence-electron chi connectivity index (χ2n) is 5.85. The zero-order chi connectivity index (χ0) is 14.5.